The molecule has 1 aliphatic carbocycles. The quantitative estimate of drug-likeness (QED) is 0.473. The lowest BCUT2D eigenvalue weighted by molar-refractivity contribution is -0.136. The second-order valence-corrected chi connectivity index (χ2v) is 11.2. The summed E-state index contributed by atoms with van der Waals surface area (Å²) in [7, 11) is -3.63. The smallest absolute Gasteiger partial charge is 0.243 e. The Bertz CT molecular complexity index is 1350. The Balaban J connectivity index is 0.00000289. The molecule has 2 heterocycles. The van der Waals surface area contributed by atoms with Crippen LogP contribution >= 0.6 is 24.0 Å². The van der Waals surface area contributed by atoms with Crippen molar-refractivity contribution in [3.8, 4) is 0 Å². The van der Waals surface area contributed by atoms with Gasteiger partial charge < -0.3 is 4.90 Å². The maximum Gasteiger partial charge on any atom is 0.243 e. The van der Waals surface area contributed by atoms with Crippen LogP contribution in [0, 0.1) is 5.92 Å². The first kappa shape index (κ1) is 25.6. The second kappa shape index (κ2) is 10.7. The van der Waals surface area contributed by atoms with Gasteiger partial charge in [-0.05, 0) is 77.6 Å². The van der Waals surface area contributed by atoms with Gasteiger partial charge in [0.25, 0.3) is 0 Å². The van der Waals surface area contributed by atoms with Crippen LogP contribution in [0.3, 0.4) is 0 Å². The number of aromatic nitrogens is 1. The molecule has 0 spiro atoms. The number of sulfonamides is 1. The molecule has 9 heteroatoms. The summed E-state index contributed by atoms with van der Waals surface area (Å²) in [5.74, 6) is 0.0886. The number of fused-ring (bicyclic) bond motifs is 1. The summed E-state index contributed by atoms with van der Waals surface area (Å²) in [4.78, 5) is 19.3. The third-order valence-corrected chi connectivity index (χ3v) is 8.90. The largest absolute Gasteiger partial charge is 0.340 e. The van der Waals surface area contributed by atoms with Crippen molar-refractivity contribution >= 4 is 56.3 Å². The molecule has 1 amide bonds. The summed E-state index contributed by atoms with van der Waals surface area (Å²) in [5, 5.41) is 2.34. The van der Waals surface area contributed by atoms with Crippen molar-refractivity contribution in [2.75, 3.05) is 26.2 Å². The highest BCUT2D eigenvalue weighted by atomic mass is 35.5. The predicted molar refractivity (Wildman–Crippen MR) is 141 cm³/mol. The number of amides is 1. The number of pyridine rings is 1. The zero-order valence-corrected chi connectivity index (χ0v) is 21.5. The summed E-state index contributed by atoms with van der Waals surface area (Å²) < 4.78 is 27.9. The minimum Gasteiger partial charge on any atom is -0.340 e. The highest BCUT2D eigenvalue weighted by molar-refractivity contribution is 7.89. The van der Waals surface area contributed by atoms with Gasteiger partial charge in [-0.1, -0.05) is 29.8 Å². The predicted octanol–water partition coefficient (Wildman–Crippen LogP) is 5.03. The maximum absolute atomic E-state index is 13.2. The molecular weight excluding hydrogens is 505 g/mol. The molecule has 2 aromatic carbocycles. The van der Waals surface area contributed by atoms with E-state index in [1.165, 1.54) is 9.88 Å². The molecule has 1 fully saturated rings. The number of benzene rings is 2. The Kier molecular flexibility index (Phi) is 7.81. The van der Waals surface area contributed by atoms with Gasteiger partial charge in [0, 0.05) is 49.5 Å². The molecule has 1 saturated heterocycles. The van der Waals surface area contributed by atoms with Gasteiger partial charge in [0.05, 0.1) is 4.90 Å². The average molecular weight is 532 g/mol. The lowest BCUT2D eigenvalue weighted by Crippen LogP contribution is -2.51. The van der Waals surface area contributed by atoms with Crippen molar-refractivity contribution in [2.45, 2.75) is 24.2 Å². The Labute approximate surface area is 217 Å². The van der Waals surface area contributed by atoms with E-state index in [-0.39, 0.29) is 29.1 Å². The molecule has 0 unspecified atom stereocenters. The van der Waals surface area contributed by atoms with Crippen LogP contribution in [0.2, 0.25) is 5.02 Å². The van der Waals surface area contributed by atoms with Crippen LogP contribution in [0.15, 0.2) is 71.9 Å². The van der Waals surface area contributed by atoms with Crippen LogP contribution in [-0.2, 0) is 14.8 Å². The van der Waals surface area contributed by atoms with Crippen LogP contribution in [0.25, 0.3) is 16.3 Å². The molecule has 1 atom stereocenters. The number of allylic oxidation sites excluding steroid dienone is 2. The summed E-state index contributed by atoms with van der Waals surface area (Å²) in [6.07, 6.45) is 8.13. The Morgan fingerprint density at radius 3 is 2.31 bits per heavy atom. The SMILES string of the molecule is Cl.O=C([C@@H]1CC=C(c2ccncc2)CC1)N1CCN(S(=O)(=O)c2ccc3cc(Cl)ccc3c2)CC1. The molecule has 35 heavy (non-hydrogen) atoms. The van der Waals surface area contributed by atoms with E-state index in [2.05, 4.69) is 11.1 Å². The highest BCUT2D eigenvalue weighted by Gasteiger charge is 2.33. The Morgan fingerprint density at radius 2 is 1.63 bits per heavy atom. The minimum atomic E-state index is -3.63. The van der Waals surface area contributed by atoms with Crippen molar-refractivity contribution < 1.29 is 13.2 Å². The van der Waals surface area contributed by atoms with E-state index in [1.807, 2.05) is 29.2 Å². The fourth-order valence-electron chi connectivity index (χ4n) is 4.80. The number of piperazine rings is 1. The molecule has 0 radical (unpaired) electrons. The van der Waals surface area contributed by atoms with E-state index in [0.717, 1.165) is 35.6 Å². The third-order valence-electron chi connectivity index (χ3n) is 6.77. The fraction of sp³-hybridized carbons (Fsp3) is 0.308. The van der Waals surface area contributed by atoms with Crippen molar-refractivity contribution in [3.63, 3.8) is 0 Å². The van der Waals surface area contributed by atoms with Crippen LogP contribution < -0.4 is 0 Å². The topological polar surface area (TPSA) is 70.6 Å². The Hall–Kier alpha value is -2.45. The molecule has 3 aromatic rings. The van der Waals surface area contributed by atoms with Crippen LogP contribution in [0.1, 0.15) is 24.8 Å². The average Bonchev–Trinajstić information content (AvgIpc) is 2.88. The van der Waals surface area contributed by atoms with E-state index in [9.17, 15) is 13.2 Å². The van der Waals surface area contributed by atoms with Gasteiger partial charge in [0.1, 0.15) is 0 Å². The third kappa shape index (κ3) is 5.38. The number of carbonyl (C=O) groups is 1. The van der Waals surface area contributed by atoms with Crippen molar-refractivity contribution in [1.82, 2.24) is 14.2 Å². The molecular formula is C26H27Cl2N3O3S. The summed E-state index contributed by atoms with van der Waals surface area (Å²) >= 11 is 6.04. The van der Waals surface area contributed by atoms with Crippen molar-refractivity contribution in [3.05, 3.63) is 77.6 Å². The molecule has 1 aromatic heterocycles. The Morgan fingerprint density at radius 1 is 0.943 bits per heavy atom. The van der Waals surface area contributed by atoms with E-state index in [0.29, 0.717) is 31.2 Å². The highest BCUT2D eigenvalue weighted by Crippen LogP contribution is 2.31. The number of halogens is 2. The van der Waals surface area contributed by atoms with Crippen LogP contribution in [0.4, 0.5) is 0 Å². The van der Waals surface area contributed by atoms with Gasteiger partial charge in [-0.25, -0.2) is 8.42 Å². The lowest BCUT2D eigenvalue weighted by atomic mass is 9.86. The van der Waals surface area contributed by atoms with Gasteiger partial charge in [-0.2, -0.15) is 4.31 Å². The zero-order chi connectivity index (χ0) is 23.7. The number of rotatable bonds is 4. The zero-order valence-electron chi connectivity index (χ0n) is 19.1. The lowest BCUT2D eigenvalue weighted by Gasteiger charge is -2.36. The normalized spacial score (nSPS) is 19.2. The molecule has 2 aliphatic rings. The van der Waals surface area contributed by atoms with E-state index in [4.69, 9.17) is 11.6 Å². The minimum absolute atomic E-state index is 0. The number of hydrogen-bond acceptors (Lipinski definition) is 4. The van der Waals surface area contributed by atoms with E-state index >= 15 is 0 Å². The van der Waals surface area contributed by atoms with Gasteiger partial charge >= 0.3 is 0 Å². The first-order valence-electron chi connectivity index (χ1n) is 11.5. The fourth-order valence-corrected chi connectivity index (χ4v) is 6.44. The molecule has 5 rings (SSSR count). The van der Waals surface area contributed by atoms with Crippen LogP contribution in [-0.4, -0.2) is 54.7 Å². The summed E-state index contributed by atoms with van der Waals surface area (Å²) in [6, 6.07) is 14.5. The van der Waals surface area contributed by atoms with Gasteiger partial charge in [-0.3, -0.25) is 9.78 Å². The first-order chi connectivity index (χ1) is 16.4. The molecule has 6 nitrogen and oxygen atoms in total. The van der Waals surface area contributed by atoms with E-state index in [1.54, 1.807) is 36.7 Å². The van der Waals surface area contributed by atoms with Crippen molar-refractivity contribution in [1.29, 1.82) is 0 Å². The molecule has 0 bridgehead atoms. The summed E-state index contributed by atoms with van der Waals surface area (Å²) in [5.41, 5.74) is 2.43. The molecule has 184 valence electrons. The van der Waals surface area contributed by atoms with Gasteiger partial charge in [0.15, 0.2) is 0 Å². The van der Waals surface area contributed by atoms with Crippen molar-refractivity contribution in [2.24, 2.45) is 5.92 Å². The molecule has 0 saturated carbocycles. The second-order valence-electron chi connectivity index (χ2n) is 8.82. The van der Waals surface area contributed by atoms with Crippen LogP contribution in [0.5, 0.6) is 0 Å². The van der Waals surface area contributed by atoms with Gasteiger partial charge in [0.2, 0.25) is 15.9 Å². The number of nitrogens with zero attached hydrogens (tertiary/aromatic N) is 3. The number of carbonyl (C=O) groups excluding carboxylic acids is 1. The monoisotopic (exact) mass is 531 g/mol. The van der Waals surface area contributed by atoms with E-state index < -0.39 is 10.0 Å². The summed E-state index contributed by atoms with van der Waals surface area (Å²) in [6.45, 7) is 1.44. The number of hydrogen-bond donors (Lipinski definition) is 0. The van der Waals surface area contributed by atoms with Gasteiger partial charge in [-0.15, -0.1) is 12.4 Å². The first-order valence-corrected chi connectivity index (χ1v) is 13.3. The molecule has 0 N–H and O–H groups in total. The standard InChI is InChI=1S/C26H26ClN3O3S.ClH/c27-24-7-5-23-18-25(8-6-22(23)17-24)34(32,33)30-15-13-29(14-16-30)26(31)21-3-1-19(2-4-21)20-9-11-28-12-10-20;/h1,5-12,17-18,21H,2-4,13-16H2;1H/t21-;/m1./s1. The molecule has 1 aliphatic heterocycles. The maximum atomic E-state index is 13.2.